The highest BCUT2D eigenvalue weighted by molar-refractivity contribution is 9.10. The molecule has 3 nitrogen and oxygen atoms in total. The first kappa shape index (κ1) is 15.6. The van der Waals surface area contributed by atoms with Gasteiger partial charge in [0.05, 0.1) is 21.3 Å². The van der Waals surface area contributed by atoms with Crippen LogP contribution in [-0.4, -0.2) is 11.8 Å². The summed E-state index contributed by atoms with van der Waals surface area (Å²) in [6.45, 7) is 0. The summed E-state index contributed by atoms with van der Waals surface area (Å²) < 4.78 is 0.766. The Morgan fingerprint density at radius 1 is 0.875 bits per heavy atom. The summed E-state index contributed by atoms with van der Waals surface area (Å²) in [5.74, 6) is -0.834. The molecular formula is C18H8BrCl2NO2. The van der Waals surface area contributed by atoms with E-state index in [1.807, 2.05) is 12.1 Å². The molecule has 0 unspecified atom stereocenters. The normalized spacial score (nSPS) is 13.7. The topological polar surface area (TPSA) is 37.4 Å². The van der Waals surface area contributed by atoms with Gasteiger partial charge in [0.25, 0.3) is 11.8 Å². The predicted molar refractivity (Wildman–Crippen MR) is 99.3 cm³/mol. The van der Waals surface area contributed by atoms with Gasteiger partial charge < -0.3 is 0 Å². The van der Waals surface area contributed by atoms with E-state index in [1.54, 1.807) is 36.4 Å². The van der Waals surface area contributed by atoms with E-state index in [4.69, 9.17) is 23.2 Å². The van der Waals surface area contributed by atoms with Crippen LogP contribution in [0.5, 0.6) is 0 Å². The first-order valence-corrected chi connectivity index (χ1v) is 8.59. The largest absolute Gasteiger partial charge is 0.268 e. The minimum absolute atomic E-state index is 0.173. The average molecular weight is 421 g/mol. The molecule has 0 saturated heterocycles. The van der Waals surface area contributed by atoms with Crippen molar-refractivity contribution in [2.45, 2.75) is 0 Å². The molecule has 2 amide bonds. The molecule has 3 aromatic carbocycles. The third-order valence-electron chi connectivity index (χ3n) is 3.98. The number of nitrogens with zero attached hydrogens (tertiary/aromatic N) is 1. The van der Waals surface area contributed by atoms with Gasteiger partial charge in [-0.1, -0.05) is 57.3 Å². The summed E-state index contributed by atoms with van der Waals surface area (Å²) in [7, 11) is 0. The summed E-state index contributed by atoms with van der Waals surface area (Å²) in [5, 5.41) is 1.94. The van der Waals surface area contributed by atoms with Gasteiger partial charge in [-0.2, -0.15) is 0 Å². The van der Waals surface area contributed by atoms with Gasteiger partial charge in [-0.15, -0.1) is 0 Å². The molecule has 3 aromatic rings. The van der Waals surface area contributed by atoms with Crippen molar-refractivity contribution in [3.63, 3.8) is 0 Å². The van der Waals surface area contributed by atoms with Crippen LogP contribution in [0.3, 0.4) is 0 Å². The number of carbonyl (C=O) groups is 2. The number of hydrogen-bond donors (Lipinski definition) is 0. The van der Waals surface area contributed by atoms with Crippen LogP contribution >= 0.6 is 39.1 Å². The van der Waals surface area contributed by atoms with Gasteiger partial charge in [-0.05, 0) is 35.7 Å². The first-order chi connectivity index (χ1) is 11.5. The molecule has 24 heavy (non-hydrogen) atoms. The van der Waals surface area contributed by atoms with Crippen molar-refractivity contribution >= 4 is 67.4 Å². The second-order valence-electron chi connectivity index (χ2n) is 5.38. The quantitative estimate of drug-likeness (QED) is 0.473. The average Bonchev–Trinajstić information content (AvgIpc) is 2.56. The molecule has 1 aliphatic rings. The van der Waals surface area contributed by atoms with Crippen molar-refractivity contribution in [1.29, 1.82) is 0 Å². The lowest BCUT2D eigenvalue weighted by molar-refractivity contribution is 0.0893. The molecule has 0 saturated carbocycles. The van der Waals surface area contributed by atoms with E-state index < -0.39 is 11.8 Å². The van der Waals surface area contributed by atoms with Gasteiger partial charge in [0.15, 0.2) is 0 Å². The standard InChI is InChI=1S/C18H8BrCl2NO2/c19-10-7-9-3-1-4-11-15(9)12(8-10)18(24)22(17(11)23)14-6-2-5-13(20)16(14)21/h1-8H. The monoisotopic (exact) mass is 419 g/mol. The van der Waals surface area contributed by atoms with Crippen molar-refractivity contribution < 1.29 is 9.59 Å². The van der Waals surface area contributed by atoms with E-state index in [9.17, 15) is 9.59 Å². The van der Waals surface area contributed by atoms with Gasteiger partial charge >= 0.3 is 0 Å². The Bertz CT molecular complexity index is 1050. The Kier molecular flexibility index (Phi) is 3.64. The second kappa shape index (κ2) is 5.59. The molecule has 0 atom stereocenters. The fourth-order valence-corrected chi connectivity index (χ4v) is 3.81. The van der Waals surface area contributed by atoms with Gasteiger partial charge in [0, 0.05) is 15.4 Å². The van der Waals surface area contributed by atoms with Crippen LogP contribution < -0.4 is 4.90 Å². The molecule has 0 spiro atoms. The fraction of sp³-hybridized carbons (Fsp3) is 0. The van der Waals surface area contributed by atoms with Crippen molar-refractivity contribution in [2.75, 3.05) is 4.90 Å². The summed E-state index contributed by atoms with van der Waals surface area (Å²) in [6.07, 6.45) is 0. The van der Waals surface area contributed by atoms with Crippen LogP contribution in [0.2, 0.25) is 10.0 Å². The molecule has 6 heteroatoms. The Hall–Kier alpha value is -1.88. The number of halogens is 3. The molecule has 0 N–H and O–H groups in total. The smallest absolute Gasteiger partial charge is 0.266 e. The third-order valence-corrected chi connectivity index (χ3v) is 5.25. The van der Waals surface area contributed by atoms with E-state index in [1.165, 1.54) is 0 Å². The van der Waals surface area contributed by atoms with Crippen LogP contribution in [0, 0.1) is 0 Å². The Labute approximate surface area is 155 Å². The molecule has 118 valence electrons. The van der Waals surface area contributed by atoms with Crippen LogP contribution in [0.1, 0.15) is 20.7 Å². The Balaban J connectivity index is 2.03. The second-order valence-corrected chi connectivity index (χ2v) is 7.08. The zero-order chi connectivity index (χ0) is 17.0. The number of anilines is 1. The maximum Gasteiger partial charge on any atom is 0.266 e. The van der Waals surface area contributed by atoms with Crippen molar-refractivity contribution in [3.8, 4) is 0 Å². The summed E-state index contributed by atoms with van der Waals surface area (Å²) in [4.78, 5) is 27.0. The van der Waals surface area contributed by atoms with Crippen molar-refractivity contribution in [2.24, 2.45) is 0 Å². The molecule has 0 aromatic heterocycles. The SMILES string of the molecule is O=C1c2cccc3cc(Br)cc(c23)C(=O)N1c1cccc(Cl)c1Cl. The van der Waals surface area contributed by atoms with Crippen LogP contribution in [0.25, 0.3) is 10.8 Å². The van der Waals surface area contributed by atoms with E-state index in [-0.39, 0.29) is 15.7 Å². The molecule has 4 rings (SSSR count). The number of carbonyl (C=O) groups excluding carboxylic acids is 2. The number of rotatable bonds is 1. The number of benzene rings is 3. The van der Waals surface area contributed by atoms with E-state index in [0.717, 1.165) is 14.8 Å². The van der Waals surface area contributed by atoms with Crippen molar-refractivity contribution in [3.05, 3.63) is 74.2 Å². The van der Waals surface area contributed by atoms with Crippen LogP contribution in [-0.2, 0) is 0 Å². The molecular weight excluding hydrogens is 413 g/mol. The summed E-state index contributed by atoms with van der Waals surface area (Å²) in [5.41, 5.74) is 1.19. The predicted octanol–water partition coefficient (Wildman–Crippen LogP) is 5.71. The zero-order valence-electron chi connectivity index (χ0n) is 12.0. The van der Waals surface area contributed by atoms with Gasteiger partial charge in [-0.3, -0.25) is 9.59 Å². The Morgan fingerprint density at radius 2 is 1.58 bits per heavy atom. The lowest BCUT2D eigenvalue weighted by Gasteiger charge is -2.28. The van der Waals surface area contributed by atoms with Crippen LogP contribution in [0.15, 0.2) is 53.0 Å². The van der Waals surface area contributed by atoms with E-state index >= 15 is 0 Å². The maximum absolute atomic E-state index is 13.0. The molecule has 1 heterocycles. The van der Waals surface area contributed by atoms with E-state index in [0.29, 0.717) is 16.5 Å². The van der Waals surface area contributed by atoms with E-state index in [2.05, 4.69) is 15.9 Å². The minimum atomic E-state index is -0.422. The Morgan fingerprint density at radius 3 is 2.38 bits per heavy atom. The maximum atomic E-state index is 13.0. The third kappa shape index (κ3) is 2.18. The minimum Gasteiger partial charge on any atom is -0.268 e. The molecule has 0 fully saturated rings. The highest BCUT2D eigenvalue weighted by Gasteiger charge is 2.35. The van der Waals surface area contributed by atoms with Gasteiger partial charge in [0.2, 0.25) is 0 Å². The zero-order valence-corrected chi connectivity index (χ0v) is 15.1. The first-order valence-electron chi connectivity index (χ1n) is 7.04. The highest BCUT2D eigenvalue weighted by Crippen LogP contribution is 2.39. The molecule has 0 radical (unpaired) electrons. The lowest BCUT2D eigenvalue weighted by Crippen LogP contribution is -2.40. The van der Waals surface area contributed by atoms with Crippen molar-refractivity contribution in [1.82, 2.24) is 0 Å². The molecule has 0 bridgehead atoms. The summed E-state index contributed by atoms with van der Waals surface area (Å²) in [6, 6.07) is 13.8. The fourth-order valence-electron chi connectivity index (χ4n) is 2.96. The lowest BCUT2D eigenvalue weighted by atomic mass is 9.94. The van der Waals surface area contributed by atoms with Crippen LogP contribution in [0.4, 0.5) is 5.69 Å². The number of hydrogen-bond acceptors (Lipinski definition) is 2. The number of amides is 2. The molecule has 1 aliphatic heterocycles. The molecule has 0 aliphatic carbocycles. The van der Waals surface area contributed by atoms with Gasteiger partial charge in [0.1, 0.15) is 0 Å². The highest BCUT2D eigenvalue weighted by atomic mass is 79.9. The summed E-state index contributed by atoms with van der Waals surface area (Å²) >= 11 is 15.7. The number of imide groups is 1. The van der Waals surface area contributed by atoms with Gasteiger partial charge in [-0.25, -0.2) is 4.90 Å².